The Morgan fingerprint density at radius 2 is 2.08 bits per heavy atom. The van der Waals surface area contributed by atoms with Crippen molar-refractivity contribution in [1.82, 2.24) is 40.2 Å². The van der Waals surface area contributed by atoms with Crippen LogP contribution < -0.4 is 5.32 Å². The molecule has 1 saturated carbocycles. The largest absolute Gasteiger partial charge is 0.477 e. The van der Waals surface area contributed by atoms with E-state index >= 15 is 0 Å². The van der Waals surface area contributed by atoms with Crippen LogP contribution >= 0.6 is 23.5 Å². The van der Waals surface area contributed by atoms with Gasteiger partial charge in [0.1, 0.15) is 23.7 Å². The number of nitrogens with one attached hydrogen (secondary N) is 1. The maximum Gasteiger partial charge on any atom is 0.435 e. The predicted octanol–water partition coefficient (Wildman–Crippen LogP) is 0.834. The second-order valence-corrected chi connectivity index (χ2v) is 10.5. The molecular weight excluding hydrogens is 525 g/mol. The number of fused-ring (bicyclic) bond motifs is 1. The quantitative estimate of drug-likeness (QED) is 0.362. The van der Waals surface area contributed by atoms with E-state index in [1.807, 2.05) is 0 Å². The number of carbonyl (C=O) groups is 3. The van der Waals surface area contributed by atoms with E-state index in [1.165, 1.54) is 28.2 Å². The van der Waals surface area contributed by atoms with Gasteiger partial charge in [-0.25, -0.2) is 9.48 Å². The molecule has 1 aliphatic carbocycles. The number of hydrogen-bond donors (Lipinski definition) is 2. The van der Waals surface area contributed by atoms with Crippen molar-refractivity contribution in [1.29, 1.82) is 0 Å². The van der Waals surface area contributed by atoms with Gasteiger partial charge in [0.2, 0.25) is 11.1 Å². The SMILES string of the molecule is Cn1nnnc1SCC1=C(C(=O)O)N2C(=O)[C@@H](NC(=O)Cn3nc(C(F)(F)F)cc3C3CC3)[C@@H]2SC1. The number of carboxylic acid groups (broad SMARTS) is 1. The highest BCUT2D eigenvalue weighted by molar-refractivity contribution is 8.01. The lowest BCUT2D eigenvalue weighted by molar-refractivity contribution is -0.150. The Morgan fingerprint density at radius 1 is 1.33 bits per heavy atom. The van der Waals surface area contributed by atoms with Crippen LogP contribution in [-0.2, 0) is 34.2 Å². The number of rotatable bonds is 8. The van der Waals surface area contributed by atoms with E-state index in [0.29, 0.717) is 22.2 Å². The Balaban J connectivity index is 1.26. The first-order valence-electron chi connectivity index (χ1n) is 10.7. The van der Waals surface area contributed by atoms with Crippen LogP contribution in [0.1, 0.15) is 30.1 Å². The maximum absolute atomic E-state index is 13.1. The van der Waals surface area contributed by atoms with E-state index in [2.05, 4.69) is 25.9 Å². The average Bonchev–Trinajstić information content (AvgIpc) is 3.44. The van der Waals surface area contributed by atoms with Gasteiger partial charge in [-0.1, -0.05) is 11.8 Å². The lowest BCUT2D eigenvalue weighted by Crippen LogP contribution is -2.70. The molecule has 4 heterocycles. The number of β-lactam (4-membered cyclic amide) rings is 1. The van der Waals surface area contributed by atoms with Crippen LogP contribution in [0.4, 0.5) is 13.2 Å². The lowest BCUT2D eigenvalue weighted by Gasteiger charge is -2.49. The minimum atomic E-state index is -4.63. The van der Waals surface area contributed by atoms with Crippen molar-refractivity contribution in [2.24, 2.45) is 7.05 Å². The number of amides is 2. The molecule has 0 bridgehead atoms. The fourth-order valence-corrected chi connectivity index (χ4v) is 6.38. The summed E-state index contributed by atoms with van der Waals surface area (Å²) in [4.78, 5) is 38.6. The van der Waals surface area contributed by atoms with Gasteiger partial charge in [-0.05, 0) is 34.9 Å². The molecule has 2 amide bonds. The molecule has 2 aromatic heterocycles. The van der Waals surface area contributed by atoms with Gasteiger partial charge in [-0.2, -0.15) is 18.3 Å². The molecule has 12 nitrogen and oxygen atoms in total. The van der Waals surface area contributed by atoms with Crippen LogP contribution in [0.25, 0.3) is 0 Å². The number of carbonyl (C=O) groups excluding carboxylic acids is 2. The topological polar surface area (TPSA) is 148 Å². The maximum atomic E-state index is 13.1. The van der Waals surface area contributed by atoms with Gasteiger partial charge in [0, 0.05) is 30.2 Å². The van der Waals surface area contributed by atoms with Gasteiger partial charge in [0.05, 0.1) is 0 Å². The molecule has 2 N–H and O–H groups in total. The first kappa shape index (κ1) is 24.6. The Bertz CT molecular complexity index is 1270. The Hall–Kier alpha value is -3.08. The van der Waals surface area contributed by atoms with Gasteiger partial charge in [0.25, 0.3) is 5.91 Å². The van der Waals surface area contributed by atoms with Crippen LogP contribution in [0.2, 0.25) is 0 Å². The Labute approximate surface area is 209 Å². The van der Waals surface area contributed by atoms with Crippen LogP contribution in [0, 0.1) is 0 Å². The van der Waals surface area contributed by atoms with Gasteiger partial charge >= 0.3 is 12.1 Å². The minimum absolute atomic E-state index is 0.0759. The zero-order chi connectivity index (χ0) is 25.8. The highest BCUT2D eigenvalue weighted by Gasteiger charge is 2.54. The van der Waals surface area contributed by atoms with E-state index in [9.17, 15) is 32.7 Å². The number of carboxylic acids is 1. The smallest absolute Gasteiger partial charge is 0.435 e. The number of thioether (sulfide) groups is 2. The van der Waals surface area contributed by atoms with Crippen molar-refractivity contribution in [3.8, 4) is 0 Å². The van der Waals surface area contributed by atoms with Crippen LogP contribution in [-0.4, -0.2) is 80.7 Å². The molecule has 36 heavy (non-hydrogen) atoms. The van der Waals surface area contributed by atoms with E-state index in [-0.39, 0.29) is 17.4 Å². The standard InChI is InChI=1S/C19H19F3N8O4S2/c1-28-18(24-26-27-28)36-7-9-6-35-16-13(15(32)30(16)14(9)17(33)34)23-12(31)5-29-10(8-2-3-8)4-11(25-29)19(20,21)22/h4,8,13,16H,2-3,5-7H2,1H3,(H,23,31)(H,33,34)/t13-,16+/m1/s1. The average molecular weight is 545 g/mol. The first-order valence-corrected chi connectivity index (χ1v) is 12.8. The molecule has 2 fully saturated rings. The Kier molecular flexibility index (Phi) is 6.22. The fraction of sp³-hybridized carbons (Fsp3) is 0.526. The zero-order valence-corrected chi connectivity index (χ0v) is 20.2. The second kappa shape index (κ2) is 9.10. The Morgan fingerprint density at radius 3 is 2.69 bits per heavy atom. The molecule has 2 atom stereocenters. The molecule has 17 heteroatoms. The molecule has 3 aliphatic rings. The number of alkyl halides is 3. The summed E-state index contributed by atoms with van der Waals surface area (Å²) < 4.78 is 41.8. The summed E-state index contributed by atoms with van der Waals surface area (Å²) in [5.74, 6) is -2.06. The van der Waals surface area contributed by atoms with Crippen molar-refractivity contribution in [2.75, 3.05) is 11.5 Å². The molecule has 1 saturated heterocycles. The lowest BCUT2D eigenvalue weighted by atomic mass is 10.0. The molecular formula is C19H19F3N8O4S2. The van der Waals surface area contributed by atoms with Crippen molar-refractivity contribution in [3.63, 3.8) is 0 Å². The summed E-state index contributed by atoms with van der Waals surface area (Å²) in [5.41, 5.74) is -0.359. The molecule has 2 aromatic rings. The highest BCUT2D eigenvalue weighted by Crippen LogP contribution is 2.43. The van der Waals surface area contributed by atoms with Gasteiger partial charge < -0.3 is 10.4 Å². The van der Waals surface area contributed by atoms with Gasteiger partial charge in [-0.3, -0.25) is 19.2 Å². The van der Waals surface area contributed by atoms with Crippen LogP contribution in [0.3, 0.4) is 0 Å². The second-order valence-electron chi connectivity index (χ2n) is 8.47. The van der Waals surface area contributed by atoms with Crippen molar-refractivity contribution in [2.45, 2.75) is 48.1 Å². The van der Waals surface area contributed by atoms with Crippen molar-refractivity contribution in [3.05, 3.63) is 28.7 Å². The third-order valence-electron chi connectivity index (χ3n) is 5.91. The van der Waals surface area contributed by atoms with Crippen molar-refractivity contribution < 1.29 is 32.7 Å². The summed E-state index contributed by atoms with van der Waals surface area (Å²) in [6.45, 7) is -0.474. The molecule has 192 valence electrons. The molecule has 5 rings (SSSR count). The van der Waals surface area contributed by atoms with Crippen molar-refractivity contribution >= 4 is 41.3 Å². The number of nitrogens with zero attached hydrogens (tertiary/aromatic N) is 7. The molecule has 2 aliphatic heterocycles. The highest BCUT2D eigenvalue weighted by atomic mass is 32.2. The molecule has 0 radical (unpaired) electrons. The number of hydrogen-bond acceptors (Lipinski definition) is 9. The summed E-state index contributed by atoms with van der Waals surface area (Å²) in [7, 11) is 1.65. The van der Waals surface area contributed by atoms with Crippen LogP contribution in [0.5, 0.6) is 0 Å². The van der Waals surface area contributed by atoms with Crippen LogP contribution in [0.15, 0.2) is 22.5 Å². The third kappa shape index (κ3) is 4.56. The minimum Gasteiger partial charge on any atom is -0.477 e. The number of aryl methyl sites for hydroxylation is 1. The first-order chi connectivity index (χ1) is 17.0. The van der Waals surface area contributed by atoms with Gasteiger partial charge in [0.15, 0.2) is 5.69 Å². The van der Waals surface area contributed by atoms with E-state index in [0.717, 1.165) is 28.5 Å². The number of tetrazole rings is 1. The third-order valence-corrected chi connectivity index (χ3v) is 8.35. The van der Waals surface area contributed by atoms with E-state index in [1.54, 1.807) is 7.05 Å². The summed E-state index contributed by atoms with van der Waals surface area (Å²) in [5, 5.41) is 26.8. The summed E-state index contributed by atoms with van der Waals surface area (Å²) in [6.07, 6.45) is -3.19. The number of aliphatic carboxylic acids is 1. The zero-order valence-electron chi connectivity index (χ0n) is 18.6. The molecule has 0 spiro atoms. The normalized spacial score (nSPS) is 21.9. The monoisotopic (exact) mass is 544 g/mol. The molecule has 0 unspecified atom stereocenters. The fourth-order valence-electron chi connectivity index (χ4n) is 4.05. The number of halogens is 3. The van der Waals surface area contributed by atoms with E-state index < -0.39 is 47.6 Å². The predicted molar refractivity (Wildman–Crippen MR) is 118 cm³/mol. The van der Waals surface area contributed by atoms with E-state index in [4.69, 9.17) is 0 Å². The molecule has 0 aromatic carbocycles. The summed E-state index contributed by atoms with van der Waals surface area (Å²) >= 11 is 2.53. The summed E-state index contributed by atoms with van der Waals surface area (Å²) in [6, 6.07) is -0.0327. The van der Waals surface area contributed by atoms with Gasteiger partial charge in [-0.15, -0.1) is 16.9 Å². The number of aromatic nitrogens is 6.